The van der Waals surface area contributed by atoms with Crippen LogP contribution < -0.4 is 5.73 Å². The number of ether oxygens (including phenoxy) is 1. The number of rotatable bonds is 3. The van der Waals surface area contributed by atoms with Gasteiger partial charge < -0.3 is 10.5 Å². The van der Waals surface area contributed by atoms with Crippen molar-refractivity contribution in [2.24, 2.45) is 5.73 Å². The van der Waals surface area contributed by atoms with Crippen molar-refractivity contribution in [3.8, 4) is 0 Å². The summed E-state index contributed by atoms with van der Waals surface area (Å²) in [7, 11) is 0. The Morgan fingerprint density at radius 1 is 1.69 bits per heavy atom. The Kier molecular flexibility index (Phi) is 3.91. The van der Waals surface area contributed by atoms with Crippen molar-refractivity contribution in [3.05, 3.63) is 16.6 Å². The molecule has 1 aliphatic rings. The molecule has 16 heavy (non-hydrogen) atoms. The van der Waals surface area contributed by atoms with E-state index in [-0.39, 0.29) is 12.1 Å². The Morgan fingerprint density at radius 3 is 3.06 bits per heavy atom. The minimum Gasteiger partial charge on any atom is -0.374 e. The summed E-state index contributed by atoms with van der Waals surface area (Å²) in [5.41, 5.74) is 7.67. The standard InChI is InChI=1S/C11H19N3OS/c1-8(2)14-3-4-15-9(5-12)11(14)10-6-13-7-16-10/h6-9,11H,3-5,12H2,1-2H3. The highest BCUT2D eigenvalue weighted by Crippen LogP contribution is 2.32. The smallest absolute Gasteiger partial charge is 0.0903 e. The molecule has 0 aromatic carbocycles. The number of nitrogens with two attached hydrogens (primary N) is 1. The Morgan fingerprint density at radius 2 is 2.50 bits per heavy atom. The summed E-state index contributed by atoms with van der Waals surface area (Å²) in [4.78, 5) is 7.86. The summed E-state index contributed by atoms with van der Waals surface area (Å²) < 4.78 is 5.76. The van der Waals surface area contributed by atoms with E-state index < -0.39 is 0 Å². The highest BCUT2D eigenvalue weighted by atomic mass is 32.1. The molecule has 5 heteroatoms. The minimum absolute atomic E-state index is 0.0941. The first kappa shape index (κ1) is 12.0. The third-order valence-corrected chi connectivity index (χ3v) is 3.88. The van der Waals surface area contributed by atoms with Gasteiger partial charge in [-0.2, -0.15) is 0 Å². The fourth-order valence-electron chi connectivity index (χ4n) is 2.25. The molecule has 2 heterocycles. The number of aromatic nitrogens is 1. The van der Waals surface area contributed by atoms with Crippen LogP contribution in [-0.4, -0.2) is 41.7 Å². The quantitative estimate of drug-likeness (QED) is 0.865. The molecule has 1 aromatic rings. The Bertz CT molecular complexity index is 315. The zero-order valence-electron chi connectivity index (χ0n) is 9.80. The van der Waals surface area contributed by atoms with E-state index in [2.05, 4.69) is 23.7 Å². The van der Waals surface area contributed by atoms with Gasteiger partial charge in [-0.1, -0.05) is 0 Å². The maximum atomic E-state index is 5.79. The SMILES string of the molecule is CC(C)N1CCOC(CN)C1c1cncs1. The molecule has 1 fully saturated rings. The van der Waals surface area contributed by atoms with Gasteiger partial charge in [0.15, 0.2) is 0 Å². The normalized spacial score (nSPS) is 27.5. The fourth-order valence-corrected chi connectivity index (χ4v) is 3.04. The Hall–Kier alpha value is -0.490. The van der Waals surface area contributed by atoms with Crippen molar-refractivity contribution >= 4 is 11.3 Å². The van der Waals surface area contributed by atoms with Gasteiger partial charge in [0.25, 0.3) is 0 Å². The summed E-state index contributed by atoms with van der Waals surface area (Å²) in [6.07, 6.45) is 2.03. The lowest BCUT2D eigenvalue weighted by Crippen LogP contribution is -2.50. The van der Waals surface area contributed by atoms with Gasteiger partial charge in [-0.15, -0.1) is 11.3 Å². The summed E-state index contributed by atoms with van der Waals surface area (Å²) in [6, 6.07) is 0.774. The molecule has 2 atom stereocenters. The highest BCUT2D eigenvalue weighted by Gasteiger charge is 2.34. The fraction of sp³-hybridized carbons (Fsp3) is 0.727. The average molecular weight is 241 g/mol. The molecule has 0 saturated carbocycles. The van der Waals surface area contributed by atoms with Crippen molar-refractivity contribution in [2.45, 2.75) is 32.0 Å². The Balaban J connectivity index is 2.24. The lowest BCUT2D eigenvalue weighted by molar-refractivity contribution is -0.0778. The molecule has 1 aromatic heterocycles. The molecule has 2 unspecified atom stereocenters. The first-order chi connectivity index (χ1) is 7.74. The number of nitrogens with zero attached hydrogens (tertiary/aromatic N) is 2. The van der Waals surface area contributed by atoms with Gasteiger partial charge in [0.2, 0.25) is 0 Å². The van der Waals surface area contributed by atoms with E-state index >= 15 is 0 Å². The van der Waals surface area contributed by atoms with Crippen LogP contribution in [0.4, 0.5) is 0 Å². The van der Waals surface area contributed by atoms with Crippen molar-refractivity contribution in [3.63, 3.8) is 0 Å². The number of thiazole rings is 1. The van der Waals surface area contributed by atoms with Crippen LogP contribution in [0.15, 0.2) is 11.7 Å². The summed E-state index contributed by atoms with van der Waals surface area (Å²) in [5.74, 6) is 0. The number of hydrogen-bond acceptors (Lipinski definition) is 5. The molecule has 90 valence electrons. The largest absolute Gasteiger partial charge is 0.374 e. The zero-order valence-corrected chi connectivity index (χ0v) is 10.6. The lowest BCUT2D eigenvalue weighted by atomic mass is 10.0. The van der Waals surface area contributed by atoms with Gasteiger partial charge in [0.05, 0.1) is 24.3 Å². The monoisotopic (exact) mass is 241 g/mol. The van der Waals surface area contributed by atoms with Gasteiger partial charge in [-0.25, -0.2) is 0 Å². The van der Waals surface area contributed by atoms with Gasteiger partial charge in [-0.3, -0.25) is 9.88 Å². The van der Waals surface area contributed by atoms with Crippen LogP contribution >= 0.6 is 11.3 Å². The van der Waals surface area contributed by atoms with E-state index in [0.717, 1.165) is 13.2 Å². The van der Waals surface area contributed by atoms with Gasteiger partial charge in [0.1, 0.15) is 0 Å². The van der Waals surface area contributed by atoms with E-state index in [1.54, 1.807) is 11.3 Å². The molecular weight excluding hydrogens is 222 g/mol. The van der Waals surface area contributed by atoms with Crippen LogP contribution in [0.2, 0.25) is 0 Å². The van der Waals surface area contributed by atoms with Gasteiger partial charge in [-0.05, 0) is 13.8 Å². The number of hydrogen-bond donors (Lipinski definition) is 1. The van der Waals surface area contributed by atoms with Gasteiger partial charge in [0, 0.05) is 30.2 Å². The van der Waals surface area contributed by atoms with E-state index in [0.29, 0.717) is 12.6 Å². The predicted molar refractivity (Wildman–Crippen MR) is 65.5 cm³/mol. The molecule has 1 aliphatic heterocycles. The summed E-state index contributed by atoms with van der Waals surface area (Å²) >= 11 is 1.68. The molecule has 0 bridgehead atoms. The van der Waals surface area contributed by atoms with Crippen LogP contribution in [0.25, 0.3) is 0 Å². The second kappa shape index (κ2) is 5.23. The first-order valence-electron chi connectivity index (χ1n) is 5.70. The molecule has 2 N–H and O–H groups in total. The molecule has 2 rings (SSSR count). The lowest BCUT2D eigenvalue weighted by Gasteiger charge is -2.42. The van der Waals surface area contributed by atoms with Crippen molar-refractivity contribution < 1.29 is 4.74 Å². The minimum atomic E-state index is 0.0941. The van der Waals surface area contributed by atoms with Crippen molar-refractivity contribution in [1.82, 2.24) is 9.88 Å². The molecule has 4 nitrogen and oxygen atoms in total. The average Bonchev–Trinajstić information content (AvgIpc) is 2.81. The molecule has 0 radical (unpaired) electrons. The highest BCUT2D eigenvalue weighted by molar-refractivity contribution is 7.09. The third kappa shape index (κ3) is 2.27. The van der Waals surface area contributed by atoms with Crippen LogP contribution in [-0.2, 0) is 4.74 Å². The van der Waals surface area contributed by atoms with Crippen LogP contribution in [0.1, 0.15) is 24.8 Å². The van der Waals surface area contributed by atoms with Gasteiger partial charge >= 0.3 is 0 Å². The Labute approximate surface area is 100 Å². The topological polar surface area (TPSA) is 51.4 Å². The van der Waals surface area contributed by atoms with E-state index in [9.17, 15) is 0 Å². The summed E-state index contributed by atoms with van der Waals surface area (Å²) in [6.45, 7) is 6.73. The molecular formula is C11H19N3OS. The van der Waals surface area contributed by atoms with Crippen molar-refractivity contribution in [2.75, 3.05) is 19.7 Å². The molecule has 0 spiro atoms. The maximum absolute atomic E-state index is 5.79. The second-order valence-corrected chi connectivity index (χ2v) is 5.24. The van der Waals surface area contributed by atoms with Crippen LogP contribution in [0.5, 0.6) is 0 Å². The maximum Gasteiger partial charge on any atom is 0.0903 e. The first-order valence-corrected chi connectivity index (χ1v) is 6.57. The summed E-state index contributed by atoms with van der Waals surface area (Å²) in [5, 5.41) is 0. The molecule has 1 saturated heterocycles. The van der Waals surface area contributed by atoms with E-state index in [4.69, 9.17) is 10.5 Å². The zero-order chi connectivity index (χ0) is 11.5. The van der Waals surface area contributed by atoms with Crippen LogP contribution in [0, 0.1) is 0 Å². The van der Waals surface area contributed by atoms with E-state index in [1.807, 2.05) is 11.7 Å². The van der Waals surface area contributed by atoms with Crippen LogP contribution in [0.3, 0.4) is 0 Å². The van der Waals surface area contributed by atoms with Crippen molar-refractivity contribution in [1.29, 1.82) is 0 Å². The predicted octanol–water partition coefficient (Wildman–Crippen LogP) is 1.25. The van der Waals surface area contributed by atoms with E-state index in [1.165, 1.54) is 4.88 Å². The number of morpholine rings is 1. The molecule has 0 aliphatic carbocycles. The second-order valence-electron chi connectivity index (χ2n) is 4.33. The molecule has 0 amide bonds. The third-order valence-electron chi connectivity index (χ3n) is 3.03.